The van der Waals surface area contributed by atoms with Gasteiger partial charge in [-0.2, -0.15) is 0 Å². The summed E-state index contributed by atoms with van der Waals surface area (Å²) in [6, 6.07) is 6.48. The first-order chi connectivity index (χ1) is 10.8. The van der Waals surface area contributed by atoms with Gasteiger partial charge in [-0.3, -0.25) is 0 Å². The molecule has 0 amide bonds. The first-order valence-electron chi connectivity index (χ1n) is 8.88. The molecule has 0 fully saturated rings. The first-order valence-corrected chi connectivity index (χ1v) is 8.88. The van der Waals surface area contributed by atoms with E-state index in [1.165, 1.54) is 67.0 Å². The smallest absolute Gasteiger partial charge is 0.0715 e. The maximum atomic E-state index is 4.83. The number of benzene rings is 1. The molecule has 1 nitrogen and oxygen atoms in total. The Hall–Kier alpha value is -1.63. The van der Waals surface area contributed by atoms with Gasteiger partial charge in [-0.05, 0) is 36.6 Å². The van der Waals surface area contributed by atoms with Crippen LogP contribution in [0.3, 0.4) is 0 Å². The van der Waals surface area contributed by atoms with Crippen molar-refractivity contribution < 1.29 is 0 Å². The van der Waals surface area contributed by atoms with Gasteiger partial charge >= 0.3 is 0 Å². The highest BCUT2D eigenvalue weighted by Gasteiger charge is 2.22. The molecule has 3 rings (SSSR count). The van der Waals surface area contributed by atoms with Crippen LogP contribution in [0.5, 0.6) is 0 Å². The average molecular weight is 293 g/mol. The Morgan fingerprint density at radius 3 is 2.73 bits per heavy atom. The summed E-state index contributed by atoms with van der Waals surface area (Å²) in [5.74, 6) is 0.553. The molecule has 1 aliphatic carbocycles. The van der Waals surface area contributed by atoms with E-state index >= 15 is 0 Å². The van der Waals surface area contributed by atoms with Crippen molar-refractivity contribution >= 4 is 5.57 Å². The summed E-state index contributed by atoms with van der Waals surface area (Å²) in [6.07, 6.45) is 16.2. The Balaban J connectivity index is 1.73. The fraction of sp³-hybridized carbons (Fsp3) is 0.476. The maximum absolute atomic E-state index is 4.83. The molecule has 0 bridgehead atoms. The summed E-state index contributed by atoms with van der Waals surface area (Å²) in [4.78, 5) is 4.83. The number of rotatable bonds is 7. The second-order valence-corrected chi connectivity index (χ2v) is 6.59. The van der Waals surface area contributed by atoms with Crippen LogP contribution in [-0.4, -0.2) is 0 Å². The summed E-state index contributed by atoms with van der Waals surface area (Å²) >= 11 is 0. The Morgan fingerprint density at radius 1 is 1.05 bits per heavy atom. The standard InChI is InChI=1S/C21H27N/c1-3-4-5-6-7-8-12-17-13-10-15-19-21(17)20-16(2)11-9-14-18(20)22-19/h9-11,13-15,17H,3-8,12H2,1-2H3. The second kappa shape index (κ2) is 7.09. The third kappa shape index (κ3) is 3.09. The SMILES string of the molecule is CCCCCCCCC1C=CC=C2N=c3cccc(C)c3=C21. The van der Waals surface area contributed by atoms with Gasteiger partial charge in [-0.1, -0.05) is 69.7 Å². The molecule has 0 saturated heterocycles. The predicted molar refractivity (Wildman–Crippen MR) is 94.1 cm³/mol. The lowest BCUT2D eigenvalue weighted by atomic mass is 9.86. The fourth-order valence-electron chi connectivity index (χ4n) is 3.68. The summed E-state index contributed by atoms with van der Waals surface area (Å²) in [7, 11) is 0. The second-order valence-electron chi connectivity index (χ2n) is 6.59. The van der Waals surface area contributed by atoms with E-state index in [1.54, 1.807) is 0 Å². The van der Waals surface area contributed by atoms with E-state index in [0.717, 1.165) is 5.36 Å². The lowest BCUT2D eigenvalue weighted by Gasteiger charge is -2.18. The fourth-order valence-corrected chi connectivity index (χ4v) is 3.68. The monoisotopic (exact) mass is 293 g/mol. The van der Waals surface area contributed by atoms with Gasteiger partial charge in [0.05, 0.1) is 11.1 Å². The van der Waals surface area contributed by atoms with Crippen LogP contribution in [0.15, 0.2) is 47.1 Å². The lowest BCUT2D eigenvalue weighted by molar-refractivity contribution is 0.566. The molecule has 1 aliphatic heterocycles. The molecule has 2 aliphatic rings. The van der Waals surface area contributed by atoms with Crippen LogP contribution in [0.1, 0.15) is 57.4 Å². The molecule has 22 heavy (non-hydrogen) atoms. The Labute approximate surface area is 134 Å². The van der Waals surface area contributed by atoms with E-state index in [-0.39, 0.29) is 0 Å². The molecule has 1 unspecified atom stereocenters. The third-order valence-electron chi connectivity index (χ3n) is 4.87. The summed E-state index contributed by atoms with van der Waals surface area (Å²) < 4.78 is 0. The van der Waals surface area contributed by atoms with E-state index in [1.807, 2.05) is 0 Å². The van der Waals surface area contributed by atoms with E-state index < -0.39 is 0 Å². The van der Waals surface area contributed by atoms with E-state index in [0.29, 0.717) is 5.92 Å². The Kier molecular flexibility index (Phi) is 4.92. The molecular weight excluding hydrogens is 266 g/mol. The molecule has 1 heterocycles. The molecule has 0 radical (unpaired) electrons. The van der Waals surface area contributed by atoms with Crippen LogP contribution < -0.4 is 10.6 Å². The van der Waals surface area contributed by atoms with Gasteiger partial charge < -0.3 is 0 Å². The molecule has 0 saturated carbocycles. The van der Waals surface area contributed by atoms with Crippen LogP contribution >= 0.6 is 0 Å². The molecule has 0 aromatic heterocycles. The van der Waals surface area contributed by atoms with E-state index in [9.17, 15) is 0 Å². The number of allylic oxidation sites excluding steroid dienone is 4. The minimum absolute atomic E-state index is 0.553. The quantitative estimate of drug-likeness (QED) is 0.652. The molecule has 1 atom stereocenters. The highest BCUT2D eigenvalue weighted by atomic mass is 14.8. The number of hydrogen-bond donors (Lipinski definition) is 0. The zero-order chi connectivity index (χ0) is 15.4. The van der Waals surface area contributed by atoms with Crippen molar-refractivity contribution in [3.8, 4) is 0 Å². The third-order valence-corrected chi connectivity index (χ3v) is 4.87. The van der Waals surface area contributed by atoms with Crippen LogP contribution in [0.2, 0.25) is 0 Å². The molecule has 1 aromatic carbocycles. The van der Waals surface area contributed by atoms with E-state index in [4.69, 9.17) is 4.99 Å². The molecule has 0 N–H and O–H groups in total. The van der Waals surface area contributed by atoms with Crippen molar-refractivity contribution in [3.05, 3.63) is 58.3 Å². The predicted octanol–water partition coefficient (Wildman–Crippen LogP) is 4.60. The van der Waals surface area contributed by atoms with Gasteiger partial charge in [-0.15, -0.1) is 0 Å². The van der Waals surface area contributed by atoms with Crippen LogP contribution in [0.4, 0.5) is 0 Å². The van der Waals surface area contributed by atoms with Crippen molar-refractivity contribution in [2.24, 2.45) is 10.9 Å². The van der Waals surface area contributed by atoms with Gasteiger partial charge in [0.25, 0.3) is 0 Å². The summed E-state index contributed by atoms with van der Waals surface area (Å²) in [5.41, 5.74) is 4.04. The lowest BCUT2D eigenvalue weighted by Crippen LogP contribution is -2.27. The van der Waals surface area contributed by atoms with Crippen molar-refractivity contribution in [2.75, 3.05) is 0 Å². The number of hydrogen-bond acceptors (Lipinski definition) is 1. The first kappa shape index (κ1) is 15.3. The summed E-state index contributed by atoms with van der Waals surface area (Å²) in [5, 5.41) is 2.56. The van der Waals surface area contributed by atoms with Crippen LogP contribution in [0, 0.1) is 12.8 Å². The minimum Gasteiger partial charge on any atom is -0.248 e. The van der Waals surface area contributed by atoms with Gasteiger partial charge in [0.1, 0.15) is 0 Å². The number of aryl methyl sites for hydroxylation is 1. The Morgan fingerprint density at radius 2 is 1.86 bits per heavy atom. The van der Waals surface area contributed by atoms with E-state index in [2.05, 4.69) is 50.3 Å². The number of fused-ring (bicyclic) bond motifs is 2. The van der Waals surface area contributed by atoms with Crippen LogP contribution in [0.25, 0.3) is 5.57 Å². The molecule has 116 valence electrons. The normalized spacial score (nSPS) is 18.7. The highest BCUT2D eigenvalue weighted by Crippen LogP contribution is 2.32. The number of unbranched alkanes of at least 4 members (excludes halogenated alkanes) is 5. The topological polar surface area (TPSA) is 12.4 Å². The van der Waals surface area contributed by atoms with Crippen molar-refractivity contribution in [1.82, 2.24) is 0 Å². The zero-order valence-corrected chi connectivity index (χ0v) is 13.9. The average Bonchev–Trinajstić information content (AvgIpc) is 2.91. The zero-order valence-electron chi connectivity index (χ0n) is 13.9. The summed E-state index contributed by atoms with van der Waals surface area (Å²) in [6.45, 7) is 4.49. The molecule has 0 spiro atoms. The molecular formula is C21H27N. The largest absolute Gasteiger partial charge is 0.248 e. The molecule has 1 heteroatoms. The van der Waals surface area contributed by atoms with Crippen LogP contribution in [-0.2, 0) is 0 Å². The molecule has 1 aromatic rings. The highest BCUT2D eigenvalue weighted by molar-refractivity contribution is 5.72. The Bertz CT molecular complexity index is 706. The van der Waals surface area contributed by atoms with Gasteiger partial charge in [0.2, 0.25) is 0 Å². The van der Waals surface area contributed by atoms with Gasteiger partial charge in [0.15, 0.2) is 0 Å². The van der Waals surface area contributed by atoms with Crippen molar-refractivity contribution in [2.45, 2.75) is 58.8 Å². The maximum Gasteiger partial charge on any atom is 0.0715 e. The minimum atomic E-state index is 0.553. The van der Waals surface area contributed by atoms with Crippen molar-refractivity contribution in [1.29, 1.82) is 0 Å². The van der Waals surface area contributed by atoms with Gasteiger partial charge in [-0.25, -0.2) is 4.99 Å². The van der Waals surface area contributed by atoms with Crippen molar-refractivity contribution in [3.63, 3.8) is 0 Å². The number of nitrogens with zero attached hydrogens (tertiary/aromatic N) is 1. The van der Waals surface area contributed by atoms with Gasteiger partial charge in [0, 0.05) is 11.1 Å².